The molecule has 1 atom stereocenters. The second-order valence-corrected chi connectivity index (χ2v) is 7.49. The lowest BCUT2D eigenvalue weighted by Crippen LogP contribution is -2.45. The third-order valence-corrected chi connectivity index (χ3v) is 5.76. The average molecular weight is 410 g/mol. The van der Waals surface area contributed by atoms with Gasteiger partial charge in [0.15, 0.2) is 11.5 Å². The van der Waals surface area contributed by atoms with Crippen LogP contribution in [0, 0.1) is 11.8 Å². The van der Waals surface area contributed by atoms with E-state index in [0.717, 1.165) is 38.2 Å². The Morgan fingerprint density at radius 3 is 2.54 bits per heavy atom. The lowest BCUT2D eigenvalue weighted by Gasteiger charge is -2.33. The molecule has 3 aliphatic rings. The Morgan fingerprint density at radius 2 is 1.82 bits per heavy atom. The molecule has 0 bridgehead atoms. The number of benzene rings is 1. The Morgan fingerprint density at radius 1 is 1.11 bits per heavy atom. The van der Waals surface area contributed by atoms with Gasteiger partial charge in [0.1, 0.15) is 19.1 Å². The summed E-state index contributed by atoms with van der Waals surface area (Å²) in [5.74, 6) is 1.31. The van der Waals surface area contributed by atoms with E-state index in [-0.39, 0.29) is 24.2 Å². The zero-order valence-electron chi connectivity index (χ0n) is 16.2. The molecule has 1 aromatic rings. The van der Waals surface area contributed by atoms with Crippen LogP contribution >= 0.6 is 12.4 Å². The molecule has 3 aliphatic heterocycles. The maximum Gasteiger partial charge on any atom is 0.239 e. The van der Waals surface area contributed by atoms with Gasteiger partial charge in [-0.25, -0.2) is 0 Å². The molecule has 8 heteroatoms. The molecule has 2 saturated heterocycles. The molecule has 0 spiro atoms. The minimum absolute atomic E-state index is 0. The molecule has 28 heavy (non-hydrogen) atoms. The number of halogens is 1. The van der Waals surface area contributed by atoms with Crippen LogP contribution in [0.5, 0.6) is 11.5 Å². The fraction of sp³-hybridized carbons (Fsp3) is 0.600. The molecular weight excluding hydrogens is 382 g/mol. The molecule has 2 amide bonds. The summed E-state index contributed by atoms with van der Waals surface area (Å²) in [6.45, 7) is 4.09. The predicted octanol–water partition coefficient (Wildman–Crippen LogP) is 1.69. The normalized spacial score (nSPS) is 22.2. The number of rotatable bonds is 4. The minimum Gasteiger partial charge on any atom is -0.486 e. The maximum atomic E-state index is 12.9. The Labute approximate surface area is 171 Å². The van der Waals surface area contributed by atoms with Gasteiger partial charge in [-0.05, 0) is 50.9 Å². The molecule has 154 valence electrons. The number of piperidine rings is 1. The quantitative estimate of drug-likeness (QED) is 0.766. The van der Waals surface area contributed by atoms with E-state index in [1.54, 1.807) is 4.90 Å². The first-order valence-electron chi connectivity index (χ1n) is 9.82. The van der Waals surface area contributed by atoms with E-state index >= 15 is 0 Å². The number of fused-ring (bicyclic) bond motifs is 1. The van der Waals surface area contributed by atoms with Crippen LogP contribution < -0.4 is 19.7 Å². The highest BCUT2D eigenvalue weighted by Gasteiger charge is 2.40. The van der Waals surface area contributed by atoms with Crippen LogP contribution in [0.4, 0.5) is 5.69 Å². The van der Waals surface area contributed by atoms with Crippen molar-refractivity contribution in [1.82, 2.24) is 10.2 Å². The van der Waals surface area contributed by atoms with Gasteiger partial charge in [-0.15, -0.1) is 12.4 Å². The van der Waals surface area contributed by atoms with Gasteiger partial charge in [-0.2, -0.15) is 0 Å². The molecule has 2 fully saturated rings. The number of hydrogen-bond donors (Lipinski definition) is 1. The largest absolute Gasteiger partial charge is 0.486 e. The molecular formula is C20H28ClN3O4. The Bertz CT molecular complexity index is 721. The molecule has 0 aromatic heterocycles. The zero-order chi connectivity index (χ0) is 18.8. The molecule has 0 saturated carbocycles. The third-order valence-electron chi connectivity index (χ3n) is 5.76. The van der Waals surface area contributed by atoms with Crippen molar-refractivity contribution in [2.45, 2.75) is 19.3 Å². The number of carbonyl (C=O) groups is 2. The van der Waals surface area contributed by atoms with Crippen molar-refractivity contribution in [2.75, 3.05) is 51.3 Å². The third kappa shape index (κ3) is 4.05. The van der Waals surface area contributed by atoms with Crippen LogP contribution in [0.1, 0.15) is 19.3 Å². The lowest BCUT2D eigenvalue weighted by atomic mass is 9.95. The maximum absolute atomic E-state index is 12.9. The molecule has 4 rings (SSSR count). The number of amides is 2. The number of anilines is 1. The second-order valence-electron chi connectivity index (χ2n) is 7.49. The van der Waals surface area contributed by atoms with Crippen molar-refractivity contribution in [3.63, 3.8) is 0 Å². The zero-order valence-corrected chi connectivity index (χ0v) is 17.0. The summed E-state index contributed by atoms with van der Waals surface area (Å²) < 4.78 is 11.2. The SMILES string of the molecule is CNCC1CCN(C(=O)C2CCN(c3ccc4c(c3)OCCO4)C2=O)CC1.Cl. The lowest BCUT2D eigenvalue weighted by molar-refractivity contribution is -0.141. The summed E-state index contributed by atoms with van der Waals surface area (Å²) >= 11 is 0. The van der Waals surface area contributed by atoms with Gasteiger partial charge in [0.2, 0.25) is 11.8 Å². The number of carbonyl (C=O) groups excluding carboxylic acids is 2. The monoisotopic (exact) mass is 409 g/mol. The number of nitrogens with one attached hydrogen (secondary N) is 1. The van der Waals surface area contributed by atoms with Gasteiger partial charge >= 0.3 is 0 Å². The van der Waals surface area contributed by atoms with E-state index in [4.69, 9.17) is 9.47 Å². The van der Waals surface area contributed by atoms with Crippen molar-refractivity contribution in [3.05, 3.63) is 18.2 Å². The van der Waals surface area contributed by atoms with Crippen LogP contribution in [-0.4, -0.2) is 63.2 Å². The molecule has 7 nitrogen and oxygen atoms in total. The van der Waals surface area contributed by atoms with Crippen molar-refractivity contribution in [2.24, 2.45) is 11.8 Å². The average Bonchev–Trinajstić information content (AvgIpc) is 3.09. The first-order chi connectivity index (χ1) is 13.2. The van der Waals surface area contributed by atoms with Gasteiger partial charge in [0, 0.05) is 31.4 Å². The van der Waals surface area contributed by atoms with Gasteiger partial charge in [-0.3, -0.25) is 9.59 Å². The van der Waals surface area contributed by atoms with Crippen molar-refractivity contribution < 1.29 is 19.1 Å². The number of ether oxygens (including phenoxy) is 2. The molecule has 0 radical (unpaired) electrons. The van der Waals surface area contributed by atoms with E-state index in [9.17, 15) is 9.59 Å². The minimum atomic E-state index is -0.556. The van der Waals surface area contributed by atoms with Gasteiger partial charge in [0.25, 0.3) is 0 Å². The fourth-order valence-electron chi connectivity index (χ4n) is 4.23. The van der Waals surface area contributed by atoms with E-state index in [1.807, 2.05) is 30.1 Å². The second kappa shape index (κ2) is 9.01. The van der Waals surface area contributed by atoms with Gasteiger partial charge in [0.05, 0.1) is 0 Å². The van der Waals surface area contributed by atoms with E-state index < -0.39 is 5.92 Å². The number of likely N-dealkylation sites (tertiary alicyclic amines) is 1. The summed E-state index contributed by atoms with van der Waals surface area (Å²) in [4.78, 5) is 29.4. The number of nitrogens with zero attached hydrogens (tertiary/aromatic N) is 2. The fourth-order valence-corrected chi connectivity index (χ4v) is 4.23. The van der Waals surface area contributed by atoms with E-state index in [0.29, 0.717) is 43.6 Å². The summed E-state index contributed by atoms with van der Waals surface area (Å²) in [5, 5.41) is 3.21. The van der Waals surface area contributed by atoms with Gasteiger partial charge in [-0.1, -0.05) is 0 Å². The highest BCUT2D eigenvalue weighted by molar-refractivity contribution is 6.09. The summed E-state index contributed by atoms with van der Waals surface area (Å²) in [6, 6.07) is 5.53. The first kappa shape index (κ1) is 20.7. The standard InChI is InChI=1S/C20H27N3O4.ClH/c1-21-13-14-4-7-22(8-5-14)19(24)16-6-9-23(20(16)25)15-2-3-17-18(12-15)27-11-10-26-17;/h2-3,12,14,16,21H,4-11,13H2,1H3;1H. The van der Waals surface area contributed by atoms with Crippen LogP contribution in [0.15, 0.2) is 18.2 Å². The molecule has 3 heterocycles. The molecule has 1 unspecified atom stereocenters. The molecule has 0 aliphatic carbocycles. The van der Waals surface area contributed by atoms with Crippen LogP contribution in [0.25, 0.3) is 0 Å². The van der Waals surface area contributed by atoms with Crippen molar-refractivity contribution in [3.8, 4) is 11.5 Å². The van der Waals surface area contributed by atoms with Crippen LogP contribution in [-0.2, 0) is 9.59 Å². The molecule has 1 N–H and O–H groups in total. The Hall–Kier alpha value is -1.99. The summed E-state index contributed by atoms with van der Waals surface area (Å²) in [7, 11) is 1.96. The van der Waals surface area contributed by atoms with Crippen molar-refractivity contribution >= 4 is 29.9 Å². The Kier molecular flexibility index (Phi) is 6.67. The summed E-state index contributed by atoms with van der Waals surface area (Å²) in [6.07, 6.45) is 2.57. The van der Waals surface area contributed by atoms with Crippen molar-refractivity contribution in [1.29, 1.82) is 0 Å². The Balaban J connectivity index is 0.00000225. The van der Waals surface area contributed by atoms with Gasteiger partial charge < -0.3 is 24.6 Å². The predicted molar refractivity (Wildman–Crippen MR) is 108 cm³/mol. The highest BCUT2D eigenvalue weighted by atomic mass is 35.5. The molecule has 1 aromatic carbocycles. The number of hydrogen-bond acceptors (Lipinski definition) is 5. The van der Waals surface area contributed by atoms with Crippen LogP contribution in [0.2, 0.25) is 0 Å². The first-order valence-corrected chi connectivity index (χ1v) is 9.82. The topological polar surface area (TPSA) is 71.1 Å². The van der Waals surface area contributed by atoms with E-state index in [1.165, 1.54) is 0 Å². The smallest absolute Gasteiger partial charge is 0.239 e. The highest BCUT2D eigenvalue weighted by Crippen LogP contribution is 2.36. The van der Waals surface area contributed by atoms with Crippen LogP contribution in [0.3, 0.4) is 0 Å². The summed E-state index contributed by atoms with van der Waals surface area (Å²) in [5.41, 5.74) is 0.771. The van der Waals surface area contributed by atoms with E-state index in [2.05, 4.69) is 5.32 Å².